The van der Waals surface area contributed by atoms with Crippen LogP contribution in [-0.2, 0) is 6.42 Å². The Morgan fingerprint density at radius 3 is 2.34 bits per heavy atom. The van der Waals surface area contributed by atoms with Crippen LogP contribution in [0.2, 0.25) is 0 Å². The highest BCUT2D eigenvalue weighted by molar-refractivity contribution is 5.79. The number of hydrogen-bond acceptors (Lipinski definition) is 3. The molecule has 0 amide bonds. The number of benzene rings is 3. The van der Waals surface area contributed by atoms with Crippen molar-refractivity contribution >= 4 is 16.7 Å². The number of fused-ring (bicyclic) bond motifs is 1. The third kappa shape index (κ3) is 3.95. The van der Waals surface area contributed by atoms with E-state index in [0.29, 0.717) is 0 Å². The van der Waals surface area contributed by atoms with E-state index in [9.17, 15) is 0 Å². The van der Waals surface area contributed by atoms with Gasteiger partial charge in [-0.3, -0.25) is 0 Å². The van der Waals surface area contributed by atoms with Gasteiger partial charge < -0.3 is 9.15 Å². The van der Waals surface area contributed by atoms with Gasteiger partial charge in [-0.05, 0) is 85.5 Å². The topological polar surface area (TPSA) is 34.7 Å². The maximum Gasteiger partial charge on any atom is 0.136 e. The molecule has 0 unspecified atom stereocenters. The zero-order valence-electron chi connectivity index (χ0n) is 17.3. The van der Waals surface area contributed by atoms with Crippen LogP contribution in [0.25, 0.3) is 22.3 Å². The Balaban J connectivity index is 1.95. The van der Waals surface area contributed by atoms with E-state index in [1.54, 1.807) is 7.11 Å². The van der Waals surface area contributed by atoms with E-state index in [1.807, 2.05) is 36.4 Å². The van der Waals surface area contributed by atoms with E-state index < -0.39 is 0 Å². The Hall–Kier alpha value is -3.33. The molecule has 3 heteroatoms. The second-order valence-electron chi connectivity index (χ2n) is 7.29. The summed E-state index contributed by atoms with van der Waals surface area (Å²) in [7, 11) is 1.67. The second-order valence-corrected chi connectivity index (χ2v) is 7.29. The van der Waals surface area contributed by atoms with Gasteiger partial charge in [-0.15, -0.1) is 0 Å². The fourth-order valence-electron chi connectivity index (χ4n) is 3.36. The van der Waals surface area contributed by atoms with Gasteiger partial charge >= 0.3 is 0 Å². The molecule has 0 aliphatic heterocycles. The summed E-state index contributed by atoms with van der Waals surface area (Å²) >= 11 is 0. The number of aryl methyl sites for hydroxylation is 3. The van der Waals surface area contributed by atoms with Crippen molar-refractivity contribution in [1.82, 2.24) is 0 Å². The fraction of sp³-hybridized carbons (Fsp3) is 0.192. The number of methoxy groups -OCH3 is 1. The molecule has 0 atom stereocenters. The average Bonchev–Trinajstić information content (AvgIpc) is 2.76. The highest BCUT2D eigenvalue weighted by Crippen LogP contribution is 2.26. The summed E-state index contributed by atoms with van der Waals surface area (Å²) in [6, 6.07) is 22.6. The lowest BCUT2D eigenvalue weighted by molar-refractivity contribution is 0.415. The van der Waals surface area contributed by atoms with E-state index in [1.165, 1.54) is 16.7 Å². The van der Waals surface area contributed by atoms with Gasteiger partial charge in [0, 0.05) is 17.0 Å². The molecule has 29 heavy (non-hydrogen) atoms. The Bertz CT molecular complexity index is 1230. The van der Waals surface area contributed by atoms with Crippen LogP contribution >= 0.6 is 0 Å². The molecule has 0 radical (unpaired) electrons. The SMILES string of the molecule is CCc1ccc2oc(-c3ccc(OC)cc3)cc(=Nc3ccc(C)c(C)c3)c2c1. The molecule has 0 aliphatic carbocycles. The Labute approximate surface area is 171 Å². The highest BCUT2D eigenvalue weighted by Gasteiger charge is 2.08. The summed E-state index contributed by atoms with van der Waals surface area (Å²) in [6.45, 7) is 6.39. The molecule has 0 N–H and O–H groups in total. The van der Waals surface area contributed by atoms with E-state index in [4.69, 9.17) is 14.1 Å². The van der Waals surface area contributed by atoms with Gasteiger partial charge in [0.05, 0.1) is 18.2 Å². The predicted molar refractivity (Wildman–Crippen MR) is 119 cm³/mol. The summed E-state index contributed by atoms with van der Waals surface area (Å²) in [5.41, 5.74) is 6.54. The first-order valence-electron chi connectivity index (χ1n) is 9.90. The highest BCUT2D eigenvalue weighted by atomic mass is 16.5. The second kappa shape index (κ2) is 7.96. The van der Waals surface area contributed by atoms with Gasteiger partial charge in [-0.25, -0.2) is 4.99 Å². The molecule has 0 spiro atoms. The molecule has 3 nitrogen and oxygen atoms in total. The summed E-state index contributed by atoms with van der Waals surface area (Å²) in [4.78, 5) is 4.98. The molecule has 1 aromatic heterocycles. The van der Waals surface area contributed by atoms with E-state index in [-0.39, 0.29) is 0 Å². The first-order chi connectivity index (χ1) is 14.1. The number of nitrogens with zero attached hydrogens (tertiary/aromatic N) is 1. The lowest BCUT2D eigenvalue weighted by Crippen LogP contribution is -2.04. The molecule has 146 valence electrons. The summed E-state index contributed by atoms with van der Waals surface area (Å²) in [6.07, 6.45) is 0.971. The van der Waals surface area contributed by atoms with Crippen molar-refractivity contribution < 1.29 is 9.15 Å². The third-order valence-corrected chi connectivity index (χ3v) is 5.33. The van der Waals surface area contributed by atoms with Crippen LogP contribution in [0.1, 0.15) is 23.6 Å². The summed E-state index contributed by atoms with van der Waals surface area (Å²) in [5, 5.41) is 1.94. The summed E-state index contributed by atoms with van der Waals surface area (Å²) in [5.74, 6) is 1.61. The smallest absolute Gasteiger partial charge is 0.136 e. The van der Waals surface area contributed by atoms with Crippen LogP contribution in [0.4, 0.5) is 5.69 Å². The predicted octanol–water partition coefficient (Wildman–Crippen LogP) is 6.52. The fourth-order valence-corrected chi connectivity index (χ4v) is 3.36. The number of hydrogen-bond donors (Lipinski definition) is 0. The van der Waals surface area contributed by atoms with Crippen LogP contribution in [0.3, 0.4) is 0 Å². The van der Waals surface area contributed by atoms with E-state index in [2.05, 4.69) is 51.1 Å². The standard InChI is InChI=1S/C26H25NO2/c1-5-19-7-13-25-23(15-19)24(27-21-10-6-17(2)18(3)14-21)16-26(29-25)20-8-11-22(28-4)12-9-20/h6-16H,5H2,1-4H3. The minimum atomic E-state index is 0.784. The first-order valence-corrected chi connectivity index (χ1v) is 9.90. The van der Waals surface area contributed by atoms with Crippen LogP contribution < -0.4 is 10.1 Å². The quantitative estimate of drug-likeness (QED) is 0.402. The van der Waals surface area contributed by atoms with E-state index >= 15 is 0 Å². The van der Waals surface area contributed by atoms with Crippen LogP contribution in [0.15, 0.2) is 76.1 Å². The minimum absolute atomic E-state index is 0.784. The molecular formula is C26H25NO2. The largest absolute Gasteiger partial charge is 0.497 e. The maximum atomic E-state index is 6.24. The Kier molecular flexibility index (Phi) is 5.22. The molecule has 0 fully saturated rings. The normalized spacial score (nSPS) is 11.8. The first kappa shape index (κ1) is 19.0. The molecular weight excluding hydrogens is 358 g/mol. The van der Waals surface area contributed by atoms with Crippen LogP contribution in [-0.4, -0.2) is 7.11 Å². The lowest BCUT2D eigenvalue weighted by atomic mass is 10.1. The van der Waals surface area contributed by atoms with E-state index in [0.717, 1.165) is 45.5 Å². The molecule has 4 aromatic rings. The molecule has 0 bridgehead atoms. The van der Waals surface area contributed by atoms with Gasteiger partial charge in [-0.1, -0.05) is 19.1 Å². The van der Waals surface area contributed by atoms with Crippen molar-refractivity contribution in [1.29, 1.82) is 0 Å². The number of ether oxygens (including phenoxy) is 1. The minimum Gasteiger partial charge on any atom is -0.497 e. The average molecular weight is 383 g/mol. The van der Waals surface area contributed by atoms with Gasteiger partial charge in [0.2, 0.25) is 0 Å². The third-order valence-electron chi connectivity index (χ3n) is 5.33. The van der Waals surface area contributed by atoms with Crippen molar-refractivity contribution in [3.05, 3.63) is 88.8 Å². The Morgan fingerprint density at radius 1 is 0.862 bits per heavy atom. The molecule has 3 aromatic carbocycles. The summed E-state index contributed by atoms with van der Waals surface area (Å²) < 4.78 is 11.5. The van der Waals surface area contributed by atoms with Gasteiger partial charge in [-0.2, -0.15) is 0 Å². The van der Waals surface area contributed by atoms with Gasteiger partial charge in [0.15, 0.2) is 0 Å². The molecule has 0 saturated carbocycles. The molecule has 0 aliphatic rings. The maximum absolute atomic E-state index is 6.24. The lowest BCUT2D eigenvalue weighted by Gasteiger charge is -2.08. The molecule has 1 heterocycles. The van der Waals surface area contributed by atoms with Gasteiger partial charge in [0.25, 0.3) is 0 Å². The molecule has 4 rings (SSSR count). The van der Waals surface area contributed by atoms with Crippen molar-refractivity contribution in [2.75, 3.05) is 7.11 Å². The van der Waals surface area contributed by atoms with Crippen molar-refractivity contribution in [3.63, 3.8) is 0 Å². The zero-order valence-corrected chi connectivity index (χ0v) is 17.3. The van der Waals surface area contributed by atoms with Crippen molar-refractivity contribution in [2.45, 2.75) is 27.2 Å². The van der Waals surface area contributed by atoms with Crippen LogP contribution in [0.5, 0.6) is 5.75 Å². The zero-order chi connectivity index (χ0) is 20.4. The van der Waals surface area contributed by atoms with Crippen LogP contribution in [0, 0.1) is 13.8 Å². The van der Waals surface area contributed by atoms with Crippen molar-refractivity contribution in [2.24, 2.45) is 4.99 Å². The molecule has 0 saturated heterocycles. The number of rotatable bonds is 4. The van der Waals surface area contributed by atoms with Gasteiger partial charge in [0.1, 0.15) is 17.1 Å². The van der Waals surface area contributed by atoms with Crippen molar-refractivity contribution in [3.8, 4) is 17.1 Å². The Morgan fingerprint density at radius 2 is 1.66 bits per heavy atom. The monoisotopic (exact) mass is 383 g/mol.